The largest absolute Gasteiger partial charge is 0.491 e. The maximum absolute atomic E-state index is 12.9. The fourth-order valence-electron chi connectivity index (χ4n) is 3.02. The summed E-state index contributed by atoms with van der Waals surface area (Å²) >= 11 is 0. The van der Waals surface area contributed by atoms with Gasteiger partial charge in [-0.3, -0.25) is 9.79 Å². The third-order valence-electron chi connectivity index (χ3n) is 4.38. The number of hydrogen-bond donors (Lipinski definition) is 2. The zero-order valence-electron chi connectivity index (χ0n) is 17.0. The maximum atomic E-state index is 12.9. The lowest BCUT2D eigenvalue weighted by atomic mass is 9.98. The molecule has 0 amide bonds. The van der Waals surface area contributed by atoms with Crippen LogP contribution in [0.3, 0.4) is 0 Å². The van der Waals surface area contributed by atoms with Crippen molar-refractivity contribution in [3.63, 3.8) is 0 Å². The minimum Gasteiger partial charge on any atom is -0.491 e. The number of carbonyl (C=O) groups is 1. The summed E-state index contributed by atoms with van der Waals surface area (Å²) in [6.45, 7) is 6.39. The van der Waals surface area contributed by atoms with Crippen molar-refractivity contribution >= 4 is 35.9 Å². The summed E-state index contributed by atoms with van der Waals surface area (Å²) in [5, 5.41) is 13.4. The summed E-state index contributed by atoms with van der Waals surface area (Å²) in [6.07, 6.45) is 0.886. The Hall–Kier alpha value is -1.62. The standard InChI is InChI=1S/C20H30FN3O4.HI/c1-3-22-20(24-11-5-6-15(13-24)19(26)27-4-2)23-12-17(25)14-28-18-9-7-16(21)8-10-18;/h7-10,15,17,25H,3-6,11-14H2,1-2H3,(H,22,23);1H. The molecule has 0 saturated carbocycles. The van der Waals surface area contributed by atoms with Crippen LogP contribution in [0.15, 0.2) is 29.3 Å². The van der Waals surface area contributed by atoms with E-state index in [1.807, 2.05) is 11.8 Å². The number of nitrogens with one attached hydrogen (secondary N) is 1. The number of aliphatic imine (C=N–C) groups is 1. The van der Waals surface area contributed by atoms with Crippen molar-refractivity contribution < 1.29 is 23.8 Å². The zero-order chi connectivity index (χ0) is 20.4. The van der Waals surface area contributed by atoms with Crippen molar-refractivity contribution in [1.82, 2.24) is 10.2 Å². The number of halogens is 2. The SMILES string of the molecule is CCNC(=NCC(O)COc1ccc(F)cc1)N1CCCC(C(=O)OCC)C1.I. The van der Waals surface area contributed by atoms with Crippen molar-refractivity contribution in [3.05, 3.63) is 30.1 Å². The van der Waals surface area contributed by atoms with Crippen LogP contribution in [-0.4, -0.2) is 67.4 Å². The summed E-state index contributed by atoms with van der Waals surface area (Å²) in [6, 6.07) is 5.64. The Morgan fingerprint density at radius 3 is 2.76 bits per heavy atom. The van der Waals surface area contributed by atoms with Gasteiger partial charge in [-0.25, -0.2) is 4.39 Å². The number of nitrogens with zero attached hydrogens (tertiary/aromatic N) is 2. The van der Waals surface area contributed by atoms with E-state index in [9.17, 15) is 14.3 Å². The first kappa shape index (κ1) is 25.4. The molecule has 9 heteroatoms. The summed E-state index contributed by atoms with van der Waals surface area (Å²) < 4.78 is 23.5. The average molecular weight is 523 g/mol. The van der Waals surface area contributed by atoms with Crippen LogP contribution in [0.25, 0.3) is 0 Å². The lowest BCUT2D eigenvalue weighted by Crippen LogP contribution is -2.48. The highest BCUT2D eigenvalue weighted by atomic mass is 127. The van der Waals surface area contributed by atoms with Crippen LogP contribution < -0.4 is 10.1 Å². The van der Waals surface area contributed by atoms with Gasteiger partial charge in [-0.2, -0.15) is 0 Å². The molecule has 0 aromatic heterocycles. The van der Waals surface area contributed by atoms with Crippen LogP contribution in [0.1, 0.15) is 26.7 Å². The van der Waals surface area contributed by atoms with Crippen LogP contribution in [0.5, 0.6) is 5.75 Å². The Balaban J connectivity index is 0.00000420. The van der Waals surface area contributed by atoms with Gasteiger partial charge in [0.25, 0.3) is 0 Å². The number of rotatable bonds is 8. The van der Waals surface area contributed by atoms with E-state index in [1.165, 1.54) is 24.3 Å². The molecule has 0 radical (unpaired) electrons. The number of esters is 1. The van der Waals surface area contributed by atoms with Gasteiger partial charge >= 0.3 is 5.97 Å². The van der Waals surface area contributed by atoms with E-state index in [0.717, 1.165) is 19.4 Å². The Morgan fingerprint density at radius 1 is 1.38 bits per heavy atom. The van der Waals surface area contributed by atoms with Gasteiger partial charge in [-0.05, 0) is 51.0 Å². The van der Waals surface area contributed by atoms with Crippen molar-refractivity contribution in [2.45, 2.75) is 32.8 Å². The predicted molar refractivity (Wildman–Crippen MR) is 120 cm³/mol. The van der Waals surface area contributed by atoms with E-state index in [0.29, 0.717) is 31.4 Å². The molecule has 7 nitrogen and oxygen atoms in total. The molecule has 1 aromatic carbocycles. The lowest BCUT2D eigenvalue weighted by Gasteiger charge is -2.34. The minimum atomic E-state index is -0.802. The normalized spacial score (nSPS) is 17.9. The predicted octanol–water partition coefficient (Wildman–Crippen LogP) is 2.42. The smallest absolute Gasteiger partial charge is 0.310 e. The fraction of sp³-hybridized carbons (Fsp3) is 0.600. The zero-order valence-corrected chi connectivity index (χ0v) is 19.3. The summed E-state index contributed by atoms with van der Waals surface area (Å²) in [5.74, 6) is 0.484. The van der Waals surface area contributed by atoms with Crippen molar-refractivity contribution in [2.75, 3.05) is 39.4 Å². The highest BCUT2D eigenvalue weighted by Gasteiger charge is 2.28. The van der Waals surface area contributed by atoms with E-state index >= 15 is 0 Å². The third-order valence-corrected chi connectivity index (χ3v) is 4.38. The number of guanidine groups is 1. The number of hydrogen-bond acceptors (Lipinski definition) is 5. The molecule has 1 heterocycles. The highest BCUT2D eigenvalue weighted by Crippen LogP contribution is 2.18. The Labute approximate surface area is 188 Å². The topological polar surface area (TPSA) is 83.4 Å². The van der Waals surface area contributed by atoms with E-state index in [1.54, 1.807) is 6.92 Å². The number of ether oxygens (including phenoxy) is 2. The van der Waals surface area contributed by atoms with Gasteiger partial charge in [0.1, 0.15) is 24.3 Å². The summed E-state index contributed by atoms with van der Waals surface area (Å²) in [4.78, 5) is 18.6. The number of carbonyl (C=O) groups excluding carboxylic acids is 1. The van der Waals surface area contributed by atoms with E-state index < -0.39 is 6.10 Å². The summed E-state index contributed by atoms with van der Waals surface area (Å²) in [5.41, 5.74) is 0. The summed E-state index contributed by atoms with van der Waals surface area (Å²) in [7, 11) is 0. The first-order valence-corrected chi connectivity index (χ1v) is 9.79. The van der Waals surface area contributed by atoms with Crippen molar-refractivity contribution in [1.29, 1.82) is 0 Å². The number of piperidine rings is 1. The molecule has 0 bridgehead atoms. The number of likely N-dealkylation sites (tertiary alicyclic amines) is 1. The van der Waals surface area contributed by atoms with Crippen molar-refractivity contribution in [2.24, 2.45) is 10.9 Å². The first-order chi connectivity index (χ1) is 13.5. The van der Waals surface area contributed by atoms with Crippen LogP contribution in [0.2, 0.25) is 0 Å². The quantitative estimate of drug-likeness (QED) is 0.236. The molecule has 1 saturated heterocycles. The first-order valence-electron chi connectivity index (χ1n) is 9.79. The van der Waals surface area contributed by atoms with Gasteiger partial charge in [0.2, 0.25) is 0 Å². The van der Waals surface area contributed by atoms with Crippen LogP contribution >= 0.6 is 24.0 Å². The number of aliphatic hydroxyl groups is 1. The van der Waals surface area contributed by atoms with Crippen LogP contribution in [0, 0.1) is 11.7 Å². The second kappa shape index (κ2) is 13.6. The molecule has 0 spiro atoms. The molecule has 2 atom stereocenters. The fourth-order valence-corrected chi connectivity index (χ4v) is 3.02. The Bertz CT molecular complexity index is 645. The molecule has 2 N–H and O–H groups in total. The van der Waals surface area contributed by atoms with Gasteiger partial charge in [0.05, 0.1) is 19.1 Å². The number of benzene rings is 1. The second-order valence-corrected chi connectivity index (χ2v) is 6.65. The second-order valence-electron chi connectivity index (χ2n) is 6.65. The van der Waals surface area contributed by atoms with Gasteiger partial charge in [-0.1, -0.05) is 0 Å². The average Bonchev–Trinajstić information content (AvgIpc) is 2.71. The van der Waals surface area contributed by atoms with Crippen molar-refractivity contribution in [3.8, 4) is 5.75 Å². The molecule has 1 fully saturated rings. The molecule has 1 aliphatic heterocycles. The monoisotopic (exact) mass is 523 g/mol. The van der Waals surface area contributed by atoms with E-state index in [2.05, 4.69) is 10.3 Å². The molecular weight excluding hydrogens is 492 g/mol. The highest BCUT2D eigenvalue weighted by molar-refractivity contribution is 14.0. The molecule has 1 aromatic rings. The molecule has 29 heavy (non-hydrogen) atoms. The molecule has 2 unspecified atom stereocenters. The van der Waals surface area contributed by atoms with Crippen LogP contribution in [0.4, 0.5) is 4.39 Å². The van der Waals surface area contributed by atoms with E-state index in [-0.39, 0.29) is 54.8 Å². The molecular formula is C20H31FIN3O4. The minimum absolute atomic E-state index is 0. The van der Waals surface area contributed by atoms with Gasteiger partial charge in [0.15, 0.2) is 5.96 Å². The molecule has 164 valence electrons. The lowest BCUT2D eigenvalue weighted by molar-refractivity contribution is -0.149. The Morgan fingerprint density at radius 2 is 2.10 bits per heavy atom. The third kappa shape index (κ3) is 8.73. The van der Waals surface area contributed by atoms with E-state index in [4.69, 9.17) is 9.47 Å². The Kier molecular flexibility index (Phi) is 11.9. The molecule has 0 aliphatic carbocycles. The molecule has 2 rings (SSSR count). The number of aliphatic hydroxyl groups excluding tert-OH is 1. The molecule has 1 aliphatic rings. The van der Waals surface area contributed by atoms with Gasteiger partial charge < -0.3 is 24.8 Å². The van der Waals surface area contributed by atoms with Gasteiger partial charge in [-0.15, -0.1) is 24.0 Å². The maximum Gasteiger partial charge on any atom is 0.310 e. The van der Waals surface area contributed by atoms with Gasteiger partial charge in [0, 0.05) is 19.6 Å². The van der Waals surface area contributed by atoms with Crippen LogP contribution in [-0.2, 0) is 9.53 Å².